The number of aryl methyl sites for hydroxylation is 1. The molecule has 0 saturated heterocycles. The normalized spacial score (nSPS) is 20.9. The summed E-state index contributed by atoms with van der Waals surface area (Å²) < 4.78 is 19.3. The Hall–Kier alpha value is -1.54. The standard InChI is InChI=1S/C18H18ClFO/c1-21-16-8-4-6-14(18(16)20)11-13-10-9-12-5-2-3-7-15(12)17(13)19/h2-8,13,17H,9-11H2,1H3. The molecule has 3 heteroatoms. The predicted molar refractivity (Wildman–Crippen MR) is 83.5 cm³/mol. The fraction of sp³-hybridized carbons (Fsp3) is 0.333. The van der Waals surface area contributed by atoms with E-state index in [4.69, 9.17) is 16.3 Å². The average molecular weight is 305 g/mol. The first-order valence-corrected chi connectivity index (χ1v) is 7.67. The molecule has 0 fully saturated rings. The number of methoxy groups -OCH3 is 1. The molecule has 110 valence electrons. The number of hydrogen-bond donors (Lipinski definition) is 0. The SMILES string of the molecule is COc1cccc(CC2CCc3ccccc3C2Cl)c1F. The van der Waals surface area contributed by atoms with Gasteiger partial charge < -0.3 is 4.74 Å². The van der Waals surface area contributed by atoms with Gasteiger partial charge in [0.05, 0.1) is 12.5 Å². The monoisotopic (exact) mass is 304 g/mol. The summed E-state index contributed by atoms with van der Waals surface area (Å²) in [6.45, 7) is 0. The Bertz CT molecular complexity index is 641. The molecule has 0 spiro atoms. The zero-order chi connectivity index (χ0) is 14.8. The summed E-state index contributed by atoms with van der Waals surface area (Å²) in [6, 6.07) is 13.6. The van der Waals surface area contributed by atoms with Gasteiger partial charge in [-0.3, -0.25) is 0 Å². The van der Waals surface area contributed by atoms with Crippen molar-refractivity contribution in [1.29, 1.82) is 0 Å². The smallest absolute Gasteiger partial charge is 0.168 e. The summed E-state index contributed by atoms with van der Waals surface area (Å²) >= 11 is 6.64. The minimum Gasteiger partial charge on any atom is -0.494 e. The first kappa shape index (κ1) is 14.4. The van der Waals surface area contributed by atoms with Gasteiger partial charge in [0.2, 0.25) is 0 Å². The number of benzene rings is 2. The lowest BCUT2D eigenvalue weighted by molar-refractivity contribution is 0.378. The van der Waals surface area contributed by atoms with Gasteiger partial charge in [-0.15, -0.1) is 11.6 Å². The average Bonchev–Trinajstić information content (AvgIpc) is 2.52. The maximum Gasteiger partial charge on any atom is 0.168 e. The molecule has 2 unspecified atom stereocenters. The van der Waals surface area contributed by atoms with Crippen molar-refractivity contribution in [2.45, 2.75) is 24.6 Å². The molecule has 21 heavy (non-hydrogen) atoms. The van der Waals surface area contributed by atoms with Crippen LogP contribution in [0.15, 0.2) is 42.5 Å². The quantitative estimate of drug-likeness (QED) is 0.731. The molecule has 0 radical (unpaired) electrons. The molecule has 2 aromatic rings. The number of halogens is 2. The molecular formula is C18H18ClFO. The van der Waals surface area contributed by atoms with Gasteiger partial charge in [-0.05, 0) is 47.9 Å². The van der Waals surface area contributed by atoms with E-state index in [1.807, 2.05) is 24.3 Å². The second kappa shape index (κ2) is 6.07. The summed E-state index contributed by atoms with van der Waals surface area (Å²) in [7, 11) is 1.49. The topological polar surface area (TPSA) is 9.23 Å². The molecule has 1 nitrogen and oxygen atoms in total. The Labute approximate surface area is 129 Å². The summed E-state index contributed by atoms with van der Waals surface area (Å²) in [5.41, 5.74) is 3.20. The molecular weight excluding hydrogens is 287 g/mol. The van der Waals surface area contributed by atoms with Crippen molar-refractivity contribution in [1.82, 2.24) is 0 Å². The lowest BCUT2D eigenvalue weighted by Crippen LogP contribution is -2.19. The Morgan fingerprint density at radius 1 is 1.19 bits per heavy atom. The molecule has 0 amide bonds. The third-order valence-corrected chi connectivity index (χ3v) is 4.89. The lowest BCUT2D eigenvalue weighted by atomic mass is 9.80. The third-order valence-electron chi connectivity index (χ3n) is 4.30. The Balaban J connectivity index is 1.84. The van der Waals surface area contributed by atoms with E-state index in [0.29, 0.717) is 17.7 Å². The van der Waals surface area contributed by atoms with Gasteiger partial charge in [-0.1, -0.05) is 36.4 Å². The minimum absolute atomic E-state index is 0.0550. The van der Waals surface area contributed by atoms with Crippen molar-refractivity contribution in [3.63, 3.8) is 0 Å². The highest BCUT2D eigenvalue weighted by Gasteiger charge is 2.28. The van der Waals surface area contributed by atoms with E-state index in [1.165, 1.54) is 18.2 Å². The van der Waals surface area contributed by atoms with E-state index in [1.54, 1.807) is 6.07 Å². The van der Waals surface area contributed by atoms with Crippen molar-refractivity contribution in [3.05, 3.63) is 65.0 Å². The molecule has 3 rings (SSSR count). The van der Waals surface area contributed by atoms with Crippen LogP contribution in [-0.2, 0) is 12.8 Å². The molecule has 0 saturated carbocycles. The van der Waals surface area contributed by atoms with Gasteiger partial charge in [-0.25, -0.2) is 4.39 Å². The van der Waals surface area contributed by atoms with Crippen molar-refractivity contribution in [2.75, 3.05) is 7.11 Å². The van der Waals surface area contributed by atoms with Crippen molar-refractivity contribution in [2.24, 2.45) is 5.92 Å². The van der Waals surface area contributed by atoms with E-state index in [2.05, 4.69) is 12.1 Å². The van der Waals surface area contributed by atoms with Crippen LogP contribution in [0, 0.1) is 11.7 Å². The lowest BCUT2D eigenvalue weighted by Gasteiger charge is -2.30. The van der Waals surface area contributed by atoms with Gasteiger partial charge in [0, 0.05) is 0 Å². The number of ether oxygens (including phenoxy) is 1. The minimum atomic E-state index is -0.261. The van der Waals surface area contributed by atoms with Gasteiger partial charge in [-0.2, -0.15) is 0 Å². The predicted octanol–water partition coefficient (Wildman–Crippen LogP) is 4.92. The molecule has 0 aliphatic heterocycles. The van der Waals surface area contributed by atoms with Crippen LogP contribution in [0.4, 0.5) is 4.39 Å². The van der Waals surface area contributed by atoms with Crippen LogP contribution < -0.4 is 4.74 Å². The summed E-state index contributed by atoms with van der Waals surface area (Å²) in [5, 5.41) is -0.0550. The summed E-state index contributed by atoms with van der Waals surface area (Å²) in [5.74, 6) is 0.292. The first-order chi connectivity index (χ1) is 10.2. The zero-order valence-electron chi connectivity index (χ0n) is 12.0. The van der Waals surface area contributed by atoms with Gasteiger partial charge in [0.25, 0.3) is 0 Å². The van der Waals surface area contributed by atoms with Crippen LogP contribution in [0.2, 0.25) is 0 Å². The van der Waals surface area contributed by atoms with Crippen LogP contribution in [0.25, 0.3) is 0 Å². The van der Waals surface area contributed by atoms with Crippen LogP contribution in [0.1, 0.15) is 28.5 Å². The Morgan fingerprint density at radius 3 is 2.81 bits per heavy atom. The second-order valence-corrected chi connectivity index (χ2v) is 6.01. The first-order valence-electron chi connectivity index (χ1n) is 7.24. The van der Waals surface area contributed by atoms with E-state index >= 15 is 0 Å². The van der Waals surface area contributed by atoms with Crippen molar-refractivity contribution in [3.8, 4) is 5.75 Å². The van der Waals surface area contributed by atoms with Crippen LogP contribution in [-0.4, -0.2) is 7.11 Å². The number of alkyl halides is 1. The molecule has 1 aliphatic carbocycles. The molecule has 1 aliphatic rings. The largest absolute Gasteiger partial charge is 0.494 e. The maximum absolute atomic E-state index is 14.3. The zero-order valence-corrected chi connectivity index (χ0v) is 12.7. The molecule has 0 aromatic heterocycles. The fourth-order valence-electron chi connectivity index (χ4n) is 3.13. The highest BCUT2D eigenvalue weighted by atomic mass is 35.5. The fourth-order valence-corrected chi connectivity index (χ4v) is 3.56. The van der Waals surface area contributed by atoms with E-state index in [0.717, 1.165) is 12.8 Å². The molecule has 0 heterocycles. The number of fused-ring (bicyclic) bond motifs is 1. The van der Waals surface area contributed by atoms with Crippen molar-refractivity contribution >= 4 is 11.6 Å². The van der Waals surface area contributed by atoms with E-state index in [-0.39, 0.29) is 17.1 Å². The highest BCUT2D eigenvalue weighted by molar-refractivity contribution is 6.21. The second-order valence-electron chi connectivity index (χ2n) is 5.54. The summed E-state index contributed by atoms with van der Waals surface area (Å²) in [6.07, 6.45) is 2.64. The molecule has 0 bridgehead atoms. The van der Waals surface area contributed by atoms with Gasteiger partial charge >= 0.3 is 0 Å². The highest BCUT2D eigenvalue weighted by Crippen LogP contribution is 2.41. The summed E-state index contributed by atoms with van der Waals surface area (Å²) in [4.78, 5) is 0. The van der Waals surface area contributed by atoms with Gasteiger partial charge in [0.1, 0.15) is 0 Å². The van der Waals surface area contributed by atoms with Gasteiger partial charge in [0.15, 0.2) is 11.6 Å². The van der Waals surface area contributed by atoms with E-state index in [9.17, 15) is 4.39 Å². The van der Waals surface area contributed by atoms with E-state index < -0.39 is 0 Å². The van der Waals surface area contributed by atoms with Crippen LogP contribution in [0.3, 0.4) is 0 Å². The van der Waals surface area contributed by atoms with Crippen LogP contribution in [0.5, 0.6) is 5.75 Å². The van der Waals surface area contributed by atoms with Crippen LogP contribution >= 0.6 is 11.6 Å². The Kier molecular flexibility index (Phi) is 4.16. The third kappa shape index (κ3) is 2.77. The maximum atomic E-state index is 14.3. The molecule has 0 N–H and O–H groups in total. The number of rotatable bonds is 3. The Morgan fingerprint density at radius 2 is 2.00 bits per heavy atom. The number of hydrogen-bond acceptors (Lipinski definition) is 1. The molecule has 2 atom stereocenters. The molecule has 2 aromatic carbocycles. The van der Waals surface area contributed by atoms with Crippen molar-refractivity contribution < 1.29 is 9.13 Å².